The number of hydrogen-bond acceptors (Lipinski definition) is 5. The van der Waals surface area contributed by atoms with Crippen molar-refractivity contribution in [3.63, 3.8) is 0 Å². The van der Waals surface area contributed by atoms with E-state index in [4.69, 9.17) is 0 Å². The van der Waals surface area contributed by atoms with E-state index in [1.165, 1.54) is 7.11 Å². The summed E-state index contributed by atoms with van der Waals surface area (Å²) in [5.41, 5.74) is 0. The van der Waals surface area contributed by atoms with Crippen molar-refractivity contribution in [1.82, 2.24) is 5.32 Å². The van der Waals surface area contributed by atoms with E-state index in [2.05, 4.69) is 10.1 Å². The third kappa shape index (κ3) is 6.23. The maximum Gasteiger partial charge on any atom is 0.328 e. The molecular formula is C14H17F2NO3S2. The van der Waals surface area contributed by atoms with Gasteiger partial charge in [-0.05, 0) is 36.6 Å². The summed E-state index contributed by atoms with van der Waals surface area (Å²) < 4.78 is 31.1. The van der Waals surface area contributed by atoms with Gasteiger partial charge in [0.25, 0.3) is 0 Å². The van der Waals surface area contributed by atoms with E-state index in [9.17, 15) is 18.4 Å². The topological polar surface area (TPSA) is 55.4 Å². The molecule has 0 saturated carbocycles. The average Bonchev–Trinajstić information content (AvgIpc) is 2.51. The predicted octanol–water partition coefficient (Wildman–Crippen LogP) is 2.47. The Hall–Kier alpha value is -1.28. The SMILES string of the molecule is COC(=O)[C@H](CCSC)NC(=O)CSc1cc(F)ccc1F. The molecule has 0 aromatic heterocycles. The van der Waals surface area contributed by atoms with Crippen molar-refractivity contribution in [3.05, 3.63) is 29.8 Å². The highest BCUT2D eigenvalue weighted by atomic mass is 32.2. The Morgan fingerprint density at radius 3 is 2.73 bits per heavy atom. The van der Waals surface area contributed by atoms with Crippen LogP contribution in [-0.4, -0.2) is 42.8 Å². The number of benzene rings is 1. The summed E-state index contributed by atoms with van der Waals surface area (Å²) in [4.78, 5) is 23.5. The van der Waals surface area contributed by atoms with Gasteiger partial charge in [-0.15, -0.1) is 11.8 Å². The third-order valence-electron chi connectivity index (χ3n) is 2.68. The molecule has 0 aliphatic rings. The largest absolute Gasteiger partial charge is 0.467 e. The van der Waals surface area contributed by atoms with Crippen molar-refractivity contribution < 1.29 is 23.1 Å². The maximum atomic E-state index is 13.4. The van der Waals surface area contributed by atoms with E-state index < -0.39 is 29.6 Å². The molecule has 0 heterocycles. The number of nitrogens with one attached hydrogen (secondary N) is 1. The molecule has 1 amide bonds. The van der Waals surface area contributed by atoms with Crippen molar-refractivity contribution in [2.75, 3.05) is 24.9 Å². The van der Waals surface area contributed by atoms with Crippen LogP contribution in [0.5, 0.6) is 0 Å². The summed E-state index contributed by atoms with van der Waals surface area (Å²) in [6.45, 7) is 0. The van der Waals surface area contributed by atoms with E-state index in [1.54, 1.807) is 11.8 Å². The first-order chi connectivity index (χ1) is 10.5. The number of ether oxygens (including phenoxy) is 1. The van der Waals surface area contributed by atoms with Crippen LogP contribution < -0.4 is 5.32 Å². The van der Waals surface area contributed by atoms with E-state index in [-0.39, 0.29) is 10.6 Å². The molecule has 1 aromatic rings. The fourth-order valence-electron chi connectivity index (χ4n) is 1.59. The number of hydrogen-bond donors (Lipinski definition) is 1. The first-order valence-electron chi connectivity index (χ1n) is 6.42. The highest BCUT2D eigenvalue weighted by Gasteiger charge is 2.21. The van der Waals surface area contributed by atoms with Gasteiger partial charge in [0.15, 0.2) is 0 Å². The number of carbonyl (C=O) groups excluding carboxylic acids is 2. The minimum atomic E-state index is -0.733. The molecule has 1 N–H and O–H groups in total. The van der Waals surface area contributed by atoms with Gasteiger partial charge in [-0.2, -0.15) is 11.8 Å². The van der Waals surface area contributed by atoms with Crippen molar-refractivity contribution in [2.45, 2.75) is 17.4 Å². The molecule has 0 aliphatic carbocycles. The standard InChI is InChI=1S/C14H17F2NO3S2/c1-20-14(19)11(5-6-21-2)17-13(18)8-22-12-7-9(15)3-4-10(12)16/h3-4,7,11H,5-6,8H2,1-2H3,(H,17,18)/t11-/m0/s1. The fraction of sp³-hybridized carbons (Fsp3) is 0.429. The number of rotatable bonds is 8. The molecule has 1 atom stereocenters. The Balaban J connectivity index is 2.56. The molecule has 0 radical (unpaired) electrons. The molecule has 0 fully saturated rings. The lowest BCUT2D eigenvalue weighted by atomic mass is 10.2. The summed E-state index contributed by atoms with van der Waals surface area (Å²) in [7, 11) is 1.25. The van der Waals surface area contributed by atoms with Crippen LogP contribution in [0.15, 0.2) is 23.1 Å². The van der Waals surface area contributed by atoms with Crippen LogP contribution in [0.3, 0.4) is 0 Å². The minimum absolute atomic E-state index is 0.0499. The van der Waals surface area contributed by atoms with Crippen LogP contribution in [0, 0.1) is 11.6 Å². The van der Waals surface area contributed by atoms with E-state index in [1.807, 2.05) is 6.26 Å². The molecular weight excluding hydrogens is 332 g/mol. The quantitative estimate of drug-likeness (QED) is 0.577. The molecule has 0 aliphatic heterocycles. The second-order valence-electron chi connectivity index (χ2n) is 4.29. The van der Waals surface area contributed by atoms with E-state index in [0.29, 0.717) is 12.2 Å². The van der Waals surface area contributed by atoms with Gasteiger partial charge in [0.2, 0.25) is 5.91 Å². The molecule has 0 bridgehead atoms. The van der Waals surface area contributed by atoms with Crippen molar-refractivity contribution in [1.29, 1.82) is 0 Å². The Bertz CT molecular complexity index is 529. The molecule has 0 saturated heterocycles. The monoisotopic (exact) mass is 349 g/mol. The van der Waals surface area contributed by atoms with Gasteiger partial charge < -0.3 is 10.1 Å². The third-order valence-corrected chi connectivity index (χ3v) is 4.36. The molecule has 0 unspecified atom stereocenters. The summed E-state index contributed by atoms with van der Waals surface area (Å²) in [6, 6.07) is 2.31. The van der Waals surface area contributed by atoms with Crippen LogP contribution in [0.1, 0.15) is 6.42 Å². The lowest BCUT2D eigenvalue weighted by molar-refractivity contribution is -0.144. The van der Waals surface area contributed by atoms with Crippen LogP contribution in [-0.2, 0) is 14.3 Å². The molecule has 1 aromatic carbocycles. The second-order valence-corrected chi connectivity index (χ2v) is 6.29. The minimum Gasteiger partial charge on any atom is -0.467 e. The lowest BCUT2D eigenvalue weighted by Crippen LogP contribution is -2.42. The number of carbonyl (C=O) groups is 2. The Labute approximate surface area is 136 Å². The molecule has 4 nitrogen and oxygen atoms in total. The summed E-state index contributed by atoms with van der Waals surface area (Å²) in [5.74, 6) is -1.56. The molecule has 8 heteroatoms. The van der Waals surface area contributed by atoms with Crippen molar-refractivity contribution >= 4 is 35.4 Å². The van der Waals surface area contributed by atoms with Crippen LogP contribution in [0.4, 0.5) is 8.78 Å². The number of halogens is 2. The van der Waals surface area contributed by atoms with Gasteiger partial charge in [-0.25, -0.2) is 13.6 Å². The molecule has 1 rings (SSSR count). The van der Waals surface area contributed by atoms with Crippen LogP contribution >= 0.6 is 23.5 Å². The zero-order valence-corrected chi connectivity index (χ0v) is 13.9. The molecule has 0 spiro atoms. The Morgan fingerprint density at radius 1 is 1.36 bits per heavy atom. The highest BCUT2D eigenvalue weighted by molar-refractivity contribution is 8.00. The molecule has 22 heavy (non-hydrogen) atoms. The van der Waals surface area contributed by atoms with Gasteiger partial charge >= 0.3 is 5.97 Å². The van der Waals surface area contributed by atoms with E-state index >= 15 is 0 Å². The van der Waals surface area contributed by atoms with Crippen molar-refractivity contribution in [3.8, 4) is 0 Å². The second kappa shape index (κ2) is 9.68. The van der Waals surface area contributed by atoms with Gasteiger partial charge in [-0.3, -0.25) is 4.79 Å². The number of amides is 1. The van der Waals surface area contributed by atoms with Gasteiger partial charge in [0, 0.05) is 4.90 Å². The van der Waals surface area contributed by atoms with Crippen molar-refractivity contribution in [2.24, 2.45) is 0 Å². The predicted molar refractivity (Wildman–Crippen MR) is 84.0 cm³/mol. The number of esters is 1. The van der Waals surface area contributed by atoms with Crippen LogP contribution in [0.2, 0.25) is 0 Å². The van der Waals surface area contributed by atoms with Gasteiger partial charge in [0.1, 0.15) is 17.7 Å². The first kappa shape index (κ1) is 18.8. The normalized spacial score (nSPS) is 11.8. The number of thioether (sulfide) groups is 2. The van der Waals surface area contributed by atoms with Crippen LogP contribution in [0.25, 0.3) is 0 Å². The van der Waals surface area contributed by atoms with Gasteiger partial charge in [-0.1, -0.05) is 0 Å². The summed E-state index contributed by atoms with van der Waals surface area (Å²) >= 11 is 2.41. The maximum absolute atomic E-state index is 13.4. The first-order valence-corrected chi connectivity index (χ1v) is 8.79. The fourth-order valence-corrected chi connectivity index (χ4v) is 2.84. The lowest BCUT2D eigenvalue weighted by Gasteiger charge is -2.15. The zero-order chi connectivity index (χ0) is 16.5. The highest BCUT2D eigenvalue weighted by Crippen LogP contribution is 2.22. The Kier molecular flexibility index (Phi) is 8.26. The summed E-state index contributed by atoms with van der Waals surface area (Å²) in [5, 5.41) is 2.54. The van der Waals surface area contributed by atoms with E-state index in [0.717, 1.165) is 30.0 Å². The smallest absolute Gasteiger partial charge is 0.328 e. The molecule has 122 valence electrons. The Morgan fingerprint density at radius 2 is 2.09 bits per heavy atom. The average molecular weight is 349 g/mol. The van der Waals surface area contributed by atoms with Gasteiger partial charge in [0.05, 0.1) is 12.9 Å². The summed E-state index contributed by atoms with van der Waals surface area (Å²) in [6.07, 6.45) is 2.33. The number of methoxy groups -OCH3 is 1. The zero-order valence-electron chi connectivity index (χ0n) is 12.2.